The van der Waals surface area contributed by atoms with E-state index in [1.807, 2.05) is 0 Å². The van der Waals surface area contributed by atoms with Crippen molar-refractivity contribution in [2.24, 2.45) is 0 Å². The van der Waals surface area contributed by atoms with Gasteiger partial charge in [0.05, 0.1) is 34.3 Å². The molecule has 2 aliphatic heterocycles. The van der Waals surface area contributed by atoms with Crippen LogP contribution < -0.4 is 0 Å². The van der Waals surface area contributed by atoms with E-state index < -0.39 is 30.0 Å². The summed E-state index contributed by atoms with van der Waals surface area (Å²) in [6.07, 6.45) is -4.68. The van der Waals surface area contributed by atoms with Crippen molar-refractivity contribution >= 4 is 39.9 Å². The molecule has 1 aromatic heterocycles. The molecule has 3 aromatic rings. The second kappa shape index (κ2) is 10.3. The maximum atomic E-state index is 13.6. The number of nitrogens with zero attached hydrogens (tertiary/aromatic N) is 4. The van der Waals surface area contributed by atoms with Crippen molar-refractivity contribution in [2.45, 2.75) is 31.7 Å². The third kappa shape index (κ3) is 5.83. The molecule has 3 heterocycles. The number of imide groups is 1. The van der Waals surface area contributed by atoms with Crippen LogP contribution in [0.4, 0.5) is 31.1 Å². The normalized spacial score (nSPS) is 18.3. The van der Waals surface area contributed by atoms with Gasteiger partial charge in [-0.05, 0) is 79.2 Å². The summed E-state index contributed by atoms with van der Waals surface area (Å²) >= 11 is 0.851. The molecule has 2 fully saturated rings. The average Bonchev–Trinajstić information content (AvgIpc) is 3.58. The average molecular weight is 569 g/mol. The highest BCUT2D eigenvalue weighted by Gasteiger charge is 2.38. The van der Waals surface area contributed by atoms with Gasteiger partial charge < -0.3 is 4.90 Å². The van der Waals surface area contributed by atoms with Gasteiger partial charge in [0, 0.05) is 18.5 Å². The van der Waals surface area contributed by atoms with Gasteiger partial charge in [-0.1, -0.05) is 12.1 Å². The molecule has 2 aliphatic rings. The molecule has 2 aromatic carbocycles. The van der Waals surface area contributed by atoms with E-state index in [0.717, 1.165) is 43.8 Å². The molecule has 0 atom stereocenters. The number of carbonyl (C=O) groups is 2. The molecule has 0 spiro atoms. The second-order valence-electron chi connectivity index (χ2n) is 9.37. The molecule has 206 valence electrons. The van der Waals surface area contributed by atoms with Crippen LogP contribution in [0, 0.1) is 0 Å². The van der Waals surface area contributed by atoms with Gasteiger partial charge in [-0.2, -0.15) is 31.4 Å². The lowest BCUT2D eigenvalue weighted by atomic mass is 10.0. The first-order chi connectivity index (χ1) is 18.4. The lowest BCUT2D eigenvalue weighted by molar-refractivity contribution is -0.143. The summed E-state index contributed by atoms with van der Waals surface area (Å²) in [6, 6.07) is 6.45. The summed E-state index contributed by atoms with van der Waals surface area (Å²) in [6.45, 7) is 2.46. The quantitative estimate of drug-likeness (QED) is 0.260. The van der Waals surface area contributed by atoms with Crippen molar-refractivity contribution in [2.75, 3.05) is 26.2 Å². The van der Waals surface area contributed by atoms with Gasteiger partial charge in [-0.25, -0.2) is 0 Å². The first kappa shape index (κ1) is 27.3. The zero-order valence-electron chi connectivity index (χ0n) is 20.3. The Labute approximate surface area is 223 Å². The van der Waals surface area contributed by atoms with E-state index in [1.54, 1.807) is 24.3 Å². The minimum Gasteiger partial charge on any atom is -0.302 e. The van der Waals surface area contributed by atoms with E-state index in [0.29, 0.717) is 35.6 Å². The van der Waals surface area contributed by atoms with Crippen molar-refractivity contribution in [3.8, 4) is 0 Å². The van der Waals surface area contributed by atoms with Crippen LogP contribution in [0.3, 0.4) is 0 Å². The Balaban J connectivity index is 1.35. The Morgan fingerprint density at radius 2 is 1.67 bits per heavy atom. The number of fused-ring (bicyclic) bond motifs is 1. The first-order valence-electron chi connectivity index (χ1n) is 12.1. The largest absolute Gasteiger partial charge is 0.416 e. The number of amides is 2. The number of likely N-dealkylation sites (tertiary alicyclic amines) is 1. The molecular weight excluding hydrogens is 546 g/mol. The van der Waals surface area contributed by atoms with Gasteiger partial charge in [0.25, 0.3) is 11.1 Å². The highest BCUT2D eigenvalue weighted by Crippen LogP contribution is 2.38. The number of carbonyl (C=O) groups excluding carboxylic acids is 2. The lowest BCUT2D eigenvalue weighted by Crippen LogP contribution is -2.36. The zero-order valence-corrected chi connectivity index (χ0v) is 21.2. The van der Waals surface area contributed by atoms with E-state index in [9.17, 15) is 35.9 Å². The van der Waals surface area contributed by atoms with E-state index in [2.05, 4.69) is 10.00 Å². The van der Waals surface area contributed by atoms with Gasteiger partial charge in [0.1, 0.15) is 0 Å². The summed E-state index contributed by atoms with van der Waals surface area (Å²) in [5.41, 5.74) is -2.06. The molecule has 5 rings (SSSR count). The molecule has 0 aliphatic carbocycles. The Kier molecular flexibility index (Phi) is 7.23. The SMILES string of the molecule is O=C1S/C(=C\c2ccc3c(cnn3Cc3ccc(C(F)(F)F)cc3C(F)(F)F)c2)C(=O)N1CCN1CCCC1. The Morgan fingerprint density at radius 3 is 2.36 bits per heavy atom. The monoisotopic (exact) mass is 568 g/mol. The van der Waals surface area contributed by atoms with Crippen LogP contribution in [-0.2, 0) is 23.7 Å². The predicted molar refractivity (Wildman–Crippen MR) is 134 cm³/mol. The van der Waals surface area contributed by atoms with Crippen LogP contribution in [-0.4, -0.2) is 56.9 Å². The maximum absolute atomic E-state index is 13.6. The molecule has 0 N–H and O–H groups in total. The number of hydrogen-bond acceptors (Lipinski definition) is 5. The van der Waals surface area contributed by atoms with Gasteiger partial charge in [0.2, 0.25) is 0 Å². The van der Waals surface area contributed by atoms with E-state index in [1.165, 1.54) is 15.8 Å². The minimum absolute atomic E-state index is 0.108. The number of hydrogen-bond donors (Lipinski definition) is 0. The summed E-state index contributed by atoms with van der Waals surface area (Å²) in [5, 5.41) is 4.34. The molecule has 39 heavy (non-hydrogen) atoms. The van der Waals surface area contributed by atoms with E-state index in [4.69, 9.17) is 0 Å². The minimum atomic E-state index is -4.98. The fourth-order valence-electron chi connectivity index (χ4n) is 4.73. The molecule has 0 saturated carbocycles. The summed E-state index contributed by atoms with van der Waals surface area (Å²) in [7, 11) is 0. The van der Waals surface area contributed by atoms with E-state index in [-0.39, 0.29) is 27.7 Å². The Morgan fingerprint density at radius 1 is 0.923 bits per heavy atom. The van der Waals surface area contributed by atoms with Crippen LogP contribution >= 0.6 is 11.8 Å². The van der Waals surface area contributed by atoms with Crippen molar-refractivity contribution < 1.29 is 35.9 Å². The lowest BCUT2D eigenvalue weighted by Gasteiger charge is -2.18. The summed E-state index contributed by atoms with van der Waals surface area (Å²) in [5.74, 6) is -0.373. The molecule has 13 heteroatoms. The topological polar surface area (TPSA) is 58.4 Å². The zero-order chi connectivity index (χ0) is 27.9. The smallest absolute Gasteiger partial charge is 0.302 e. The van der Waals surface area contributed by atoms with Crippen molar-refractivity contribution in [3.63, 3.8) is 0 Å². The molecule has 0 bridgehead atoms. The van der Waals surface area contributed by atoms with E-state index >= 15 is 0 Å². The van der Waals surface area contributed by atoms with Gasteiger partial charge in [0.15, 0.2) is 0 Å². The van der Waals surface area contributed by atoms with Gasteiger partial charge in [-0.3, -0.25) is 19.2 Å². The maximum Gasteiger partial charge on any atom is 0.416 e. The number of halogens is 6. The van der Waals surface area contributed by atoms with Crippen molar-refractivity contribution in [3.05, 3.63) is 69.8 Å². The molecule has 2 saturated heterocycles. The fourth-order valence-corrected chi connectivity index (χ4v) is 5.59. The fraction of sp³-hybridized carbons (Fsp3) is 0.346. The number of thioether (sulfide) groups is 1. The number of rotatable bonds is 6. The summed E-state index contributed by atoms with van der Waals surface area (Å²) < 4.78 is 80.9. The highest BCUT2D eigenvalue weighted by atomic mass is 32.2. The van der Waals surface area contributed by atoms with Crippen LogP contribution in [0.2, 0.25) is 0 Å². The number of benzene rings is 2. The first-order valence-corrected chi connectivity index (χ1v) is 12.9. The molecule has 2 amide bonds. The predicted octanol–water partition coefficient (Wildman–Crippen LogP) is 6.25. The standard InChI is InChI=1S/C26H22F6N4O2S/c27-25(28,29)19-5-4-17(20(13-19)26(30,31)32)15-36-21-6-3-16(11-18(21)14-33-36)12-22-23(37)35(24(38)39-22)10-9-34-7-1-2-8-34/h3-6,11-14H,1-2,7-10,15H2/b22-12-. The van der Waals surface area contributed by atoms with Crippen LogP contribution in [0.15, 0.2) is 47.5 Å². The van der Waals surface area contributed by atoms with Gasteiger partial charge in [-0.15, -0.1) is 0 Å². The van der Waals surface area contributed by atoms with Crippen LogP contribution in [0.1, 0.15) is 35.1 Å². The molecule has 0 unspecified atom stereocenters. The van der Waals surface area contributed by atoms with Gasteiger partial charge >= 0.3 is 12.4 Å². The van der Waals surface area contributed by atoms with Crippen molar-refractivity contribution in [1.82, 2.24) is 19.6 Å². The molecule has 0 radical (unpaired) electrons. The third-order valence-corrected chi connectivity index (χ3v) is 7.65. The summed E-state index contributed by atoms with van der Waals surface area (Å²) in [4.78, 5) is 28.9. The Hall–Kier alpha value is -3.32. The molecular formula is C26H22F6N4O2S. The third-order valence-electron chi connectivity index (χ3n) is 6.74. The van der Waals surface area contributed by atoms with Crippen molar-refractivity contribution in [1.29, 1.82) is 0 Å². The molecule has 6 nitrogen and oxygen atoms in total. The van der Waals surface area contributed by atoms with Crippen LogP contribution in [0.25, 0.3) is 17.0 Å². The highest BCUT2D eigenvalue weighted by molar-refractivity contribution is 8.18. The van der Waals surface area contributed by atoms with Crippen LogP contribution in [0.5, 0.6) is 0 Å². The number of alkyl halides is 6. The second-order valence-corrected chi connectivity index (χ2v) is 10.4. The number of aromatic nitrogens is 2. The Bertz CT molecular complexity index is 1460.